The van der Waals surface area contributed by atoms with Crippen molar-refractivity contribution in [1.82, 2.24) is 4.98 Å². The van der Waals surface area contributed by atoms with E-state index in [1.807, 2.05) is 54.7 Å². The van der Waals surface area contributed by atoms with Crippen molar-refractivity contribution in [2.45, 2.75) is 29.4 Å². The summed E-state index contributed by atoms with van der Waals surface area (Å²) in [6.45, 7) is 2.03. The minimum atomic E-state index is -1.05. The molecule has 1 N–H and O–H groups in total. The van der Waals surface area contributed by atoms with Crippen molar-refractivity contribution in [1.29, 1.82) is 0 Å². The van der Waals surface area contributed by atoms with Crippen molar-refractivity contribution >= 4 is 46.7 Å². The molecule has 0 amide bonds. The molecular formula is C18H19Cl2NOS2. The molecule has 1 aliphatic heterocycles. The number of halogens is 2. The van der Waals surface area contributed by atoms with Gasteiger partial charge < -0.3 is 5.11 Å². The Labute approximate surface area is 161 Å². The van der Waals surface area contributed by atoms with Crippen LogP contribution >= 0.6 is 46.7 Å². The number of thioether (sulfide) groups is 2. The third-order valence-electron chi connectivity index (χ3n) is 4.40. The van der Waals surface area contributed by atoms with Crippen LogP contribution < -0.4 is 0 Å². The molecule has 1 aromatic heterocycles. The van der Waals surface area contributed by atoms with Crippen LogP contribution in [0, 0.1) is 0 Å². The molecule has 128 valence electrons. The molecule has 1 saturated heterocycles. The fraction of sp³-hybridized carbons (Fsp3) is 0.389. The lowest BCUT2D eigenvalue weighted by atomic mass is 9.80. The van der Waals surface area contributed by atoms with E-state index in [-0.39, 0.29) is 10.5 Å². The molecule has 0 saturated carbocycles. The molecule has 0 radical (unpaired) electrons. The monoisotopic (exact) mass is 399 g/mol. The zero-order chi connectivity index (χ0) is 17.2. The molecule has 0 spiro atoms. The molecule has 1 aromatic carbocycles. The summed E-state index contributed by atoms with van der Waals surface area (Å²) < 4.78 is 0.0391. The van der Waals surface area contributed by atoms with E-state index in [1.165, 1.54) is 6.42 Å². The smallest absolute Gasteiger partial charge is 0.119 e. The van der Waals surface area contributed by atoms with Crippen LogP contribution in [0.25, 0.3) is 0 Å². The highest BCUT2D eigenvalue weighted by molar-refractivity contribution is 8.17. The summed E-state index contributed by atoms with van der Waals surface area (Å²) in [6, 6.07) is 9.29. The van der Waals surface area contributed by atoms with Crippen molar-refractivity contribution in [2.75, 3.05) is 11.5 Å². The first-order valence-corrected chi connectivity index (χ1v) is 10.7. The Balaban J connectivity index is 2.06. The van der Waals surface area contributed by atoms with Gasteiger partial charge in [-0.1, -0.05) is 42.3 Å². The summed E-state index contributed by atoms with van der Waals surface area (Å²) in [7, 11) is 0. The van der Waals surface area contributed by atoms with Crippen molar-refractivity contribution < 1.29 is 5.11 Å². The van der Waals surface area contributed by atoms with E-state index >= 15 is 0 Å². The molecule has 0 aliphatic carbocycles. The molecule has 24 heavy (non-hydrogen) atoms. The zero-order valence-corrected chi connectivity index (χ0v) is 16.4. The van der Waals surface area contributed by atoms with Gasteiger partial charge in [-0.15, -0.1) is 23.5 Å². The number of benzene rings is 1. The third kappa shape index (κ3) is 3.58. The maximum atomic E-state index is 11.8. The van der Waals surface area contributed by atoms with E-state index < -0.39 is 5.60 Å². The average Bonchev–Trinajstić information content (AvgIpc) is 2.62. The van der Waals surface area contributed by atoms with Crippen LogP contribution in [0.1, 0.15) is 30.4 Å². The Hall–Kier alpha value is -0.390. The van der Waals surface area contributed by atoms with Crippen molar-refractivity contribution in [3.05, 3.63) is 63.9 Å². The van der Waals surface area contributed by atoms with Crippen LogP contribution in [0.5, 0.6) is 0 Å². The zero-order valence-electron chi connectivity index (χ0n) is 13.3. The fourth-order valence-corrected chi connectivity index (χ4v) is 6.98. The summed E-state index contributed by atoms with van der Waals surface area (Å²) in [6.07, 6.45) is 4.66. The minimum absolute atomic E-state index is 0.0391. The standard InChI is InChI=1S/C18H19Cl2NOS2/c1-12(15-6-5-14(19)10-16(15)20)18(22,13-4-2-7-21-11-13)17-23-8-3-9-24-17/h2,4-7,10-12,17,22H,3,8-9H2,1H3. The van der Waals surface area contributed by atoms with Gasteiger partial charge in [-0.2, -0.15) is 0 Å². The van der Waals surface area contributed by atoms with Gasteiger partial charge in [-0.05, 0) is 41.7 Å². The van der Waals surface area contributed by atoms with Crippen molar-refractivity contribution in [2.24, 2.45) is 0 Å². The first-order valence-electron chi connectivity index (χ1n) is 7.84. The van der Waals surface area contributed by atoms with Crippen LogP contribution in [0.2, 0.25) is 10.0 Å². The molecule has 6 heteroatoms. The predicted molar refractivity (Wildman–Crippen MR) is 106 cm³/mol. The third-order valence-corrected chi connectivity index (χ3v) is 8.15. The number of pyridine rings is 1. The number of rotatable bonds is 4. The molecule has 1 fully saturated rings. The molecule has 1 aliphatic rings. The highest BCUT2D eigenvalue weighted by atomic mass is 35.5. The quantitative estimate of drug-likeness (QED) is 0.727. The second kappa shape index (κ2) is 7.88. The number of nitrogens with zero attached hydrogens (tertiary/aromatic N) is 1. The van der Waals surface area contributed by atoms with Gasteiger partial charge in [0.15, 0.2) is 0 Å². The SMILES string of the molecule is CC(c1ccc(Cl)cc1Cl)C(O)(c1cccnc1)C1SCCCS1. The van der Waals surface area contributed by atoms with Gasteiger partial charge >= 0.3 is 0 Å². The van der Waals surface area contributed by atoms with E-state index in [1.54, 1.807) is 18.5 Å². The van der Waals surface area contributed by atoms with Crippen LogP contribution in [0.3, 0.4) is 0 Å². The van der Waals surface area contributed by atoms with E-state index in [2.05, 4.69) is 4.98 Å². The van der Waals surface area contributed by atoms with Crippen molar-refractivity contribution in [3.63, 3.8) is 0 Å². The van der Waals surface area contributed by atoms with Crippen LogP contribution in [0.15, 0.2) is 42.7 Å². The average molecular weight is 400 g/mol. The molecule has 2 heterocycles. The van der Waals surface area contributed by atoms with Crippen LogP contribution in [-0.4, -0.2) is 26.2 Å². The number of aromatic nitrogens is 1. The van der Waals surface area contributed by atoms with Crippen LogP contribution in [0.4, 0.5) is 0 Å². The number of hydrogen-bond donors (Lipinski definition) is 1. The summed E-state index contributed by atoms with van der Waals surface area (Å²) in [4.78, 5) is 4.23. The molecule has 2 nitrogen and oxygen atoms in total. The Kier molecular flexibility index (Phi) is 6.04. The second-order valence-corrected chi connectivity index (χ2v) is 9.45. The van der Waals surface area contributed by atoms with Gasteiger partial charge in [0.1, 0.15) is 5.60 Å². The van der Waals surface area contributed by atoms with Gasteiger partial charge in [-0.3, -0.25) is 4.98 Å². The van der Waals surface area contributed by atoms with E-state index in [4.69, 9.17) is 23.2 Å². The first-order chi connectivity index (χ1) is 11.5. The lowest BCUT2D eigenvalue weighted by molar-refractivity contribution is 0.0292. The Morgan fingerprint density at radius 3 is 2.62 bits per heavy atom. The Morgan fingerprint density at radius 1 is 1.25 bits per heavy atom. The van der Waals surface area contributed by atoms with Crippen LogP contribution in [-0.2, 0) is 5.60 Å². The molecule has 0 bridgehead atoms. The van der Waals surface area contributed by atoms with E-state index in [0.29, 0.717) is 10.0 Å². The van der Waals surface area contributed by atoms with Gasteiger partial charge in [0.25, 0.3) is 0 Å². The molecule has 2 aromatic rings. The summed E-state index contributed by atoms with van der Waals surface area (Å²) in [5.74, 6) is 1.93. The van der Waals surface area contributed by atoms with Crippen molar-refractivity contribution in [3.8, 4) is 0 Å². The Morgan fingerprint density at radius 2 is 2.00 bits per heavy atom. The molecule has 2 unspecified atom stereocenters. The second-order valence-electron chi connectivity index (χ2n) is 5.88. The molecule has 2 atom stereocenters. The van der Waals surface area contributed by atoms with Gasteiger partial charge in [0.2, 0.25) is 0 Å². The largest absolute Gasteiger partial charge is 0.382 e. The topological polar surface area (TPSA) is 33.1 Å². The van der Waals surface area contributed by atoms with Gasteiger partial charge in [-0.25, -0.2) is 0 Å². The maximum absolute atomic E-state index is 11.8. The normalized spacial score (nSPS) is 19.7. The summed E-state index contributed by atoms with van der Waals surface area (Å²) >= 11 is 16.1. The highest BCUT2D eigenvalue weighted by Crippen LogP contribution is 2.51. The van der Waals surface area contributed by atoms with Gasteiger partial charge in [0, 0.05) is 33.9 Å². The minimum Gasteiger partial charge on any atom is -0.382 e. The Bertz CT molecular complexity index is 695. The first kappa shape index (κ1) is 18.4. The highest BCUT2D eigenvalue weighted by Gasteiger charge is 2.46. The molecule has 3 rings (SSSR count). The number of aliphatic hydroxyl groups is 1. The fourth-order valence-electron chi connectivity index (χ4n) is 3.02. The summed E-state index contributed by atoms with van der Waals surface area (Å²) in [5.41, 5.74) is 0.677. The maximum Gasteiger partial charge on any atom is 0.119 e. The summed E-state index contributed by atoms with van der Waals surface area (Å²) in [5, 5.41) is 13.0. The lowest BCUT2D eigenvalue weighted by Gasteiger charge is -2.42. The molecular weight excluding hydrogens is 381 g/mol. The lowest BCUT2D eigenvalue weighted by Crippen LogP contribution is -2.42. The van der Waals surface area contributed by atoms with Gasteiger partial charge in [0.05, 0.1) is 4.58 Å². The number of hydrogen-bond acceptors (Lipinski definition) is 4. The van der Waals surface area contributed by atoms with E-state index in [9.17, 15) is 5.11 Å². The predicted octanol–water partition coefficient (Wildman–Crippen LogP) is 5.58. The van der Waals surface area contributed by atoms with E-state index in [0.717, 1.165) is 22.6 Å².